The summed E-state index contributed by atoms with van der Waals surface area (Å²) in [6.45, 7) is 0. The number of anilines is 1. The van der Waals surface area contributed by atoms with Gasteiger partial charge in [0.25, 0.3) is 0 Å². The Morgan fingerprint density at radius 1 is 0.857 bits per heavy atom. The Morgan fingerprint density at radius 3 is 2.29 bits per heavy atom. The second-order valence-corrected chi connectivity index (χ2v) is 7.35. The predicted molar refractivity (Wildman–Crippen MR) is 99.6 cm³/mol. The molecule has 1 amide bonds. The molecule has 3 aliphatic rings. The molecule has 0 unspecified atom stereocenters. The van der Waals surface area contributed by atoms with Crippen molar-refractivity contribution in [1.82, 2.24) is 13.9 Å². The number of hydrogen-bond acceptors (Lipinski definition) is 4. The molecular formula is C20H16N4O4. The van der Waals surface area contributed by atoms with Crippen molar-refractivity contribution in [2.24, 2.45) is 7.05 Å². The summed E-state index contributed by atoms with van der Waals surface area (Å²) in [6.07, 6.45) is -0.325. The van der Waals surface area contributed by atoms with Crippen molar-refractivity contribution < 1.29 is 9.53 Å². The van der Waals surface area contributed by atoms with Crippen molar-refractivity contribution in [3.05, 3.63) is 86.7 Å². The van der Waals surface area contributed by atoms with Crippen LogP contribution in [0.1, 0.15) is 23.3 Å². The van der Waals surface area contributed by atoms with Crippen LogP contribution in [0.5, 0.6) is 0 Å². The van der Waals surface area contributed by atoms with Crippen LogP contribution in [-0.4, -0.2) is 32.1 Å². The zero-order valence-electron chi connectivity index (χ0n) is 14.9. The number of para-hydroxylation sites is 1. The first-order valence-corrected chi connectivity index (χ1v) is 9.13. The normalized spacial score (nSPS) is 26.9. The molecule has 0 spiro atoms. The number of epoxide rings is 1. The zero-order chi connectivity index (χ0) is 19.2. The van der Waals surface area contributed by atoms with Crippen molar-refractivity contribution in [2.75, 3.05) is 4.90 Å². The average molecular weight is 376 g/mol. The first-order valence-electron chi connectivity index (χ1n) is 9.13. The minimum Gasteiger partial charge on any atom is -0.362 e. The summed E-state index contributed by atoms with van der Waals surface area (Å²) in [4.78, 5) is 40.6. The van der Waals surface area contributed by atoms with Gasteiger partial charge in [-0.2, -0.15) is 0 Å². The molecule has 140 valence electrons. The minimum atomic E-state index is -0.647. The highest BCUT2D eigenvalue weighted by molar-refractivity contribution is 5.95. The lowest BCUT2D eigenvalue weighted by molar-refractivity contribution is 0.208. The van der Waals surface area contributed by atoms with Crippen LogP contribution in [0.2, 0.25) is 0 Å². The summed E-state index contributed by atoms with van der Waals surface area (Å²) < 4.78 is 9.19. The number of ether oxygens (including phenoxy) is 1. The fourth-order valence-electron chi connectivity index (χ4n) is 4.67. The number of benzene rings is 2. The van der Waals surface area contributed by atoms with Gasteiger partial charge >= 0.3 is 17.4 Å². The van der Waals surface area contributed by atoms with E-state index in [9.17, 15) is 14.4 Å². The van der Waals surface area contributed by atoms with Crippen molar-refractivity contribution >= 4 is 11.7 Å². The van der Waals surface area contributed by atoms with Crippen molar-refractivity contribution in [1.29, 1.82) is 0 Å². The van der Waals surface area contributed by atoms with E-state index in [1.54, 1.807) is 4.90 Å². The van der Waals surface area contributed by atoms with Crippen LogP contribution in [0, 0.1) is 0 Å². The molecule has 2 aromatic carbocycles. The number of fused-ring (bicyclic) bond motifs is 8. The van der Waals surface area contributed by atoms with E-state index in [-0.39, 0.29) is 12.2 Å². The van der Waals surface area contributed by atoms with Gasteiger partial charge in [0.1, 0.15) is 18.2 Å². The third kappa shape index (κ3) is 1.75. The molecular weight excluding hydrogens is 360 g/mol. The first kappa shape index (κ1) is 15.6. The van der Waals surface area contributed by atoms with E-state index < -0.39 is 29.5 Å². The van der Waals surface area contributed by atoms with Gasteiger partial charge in [-0.3, -0.25) is 4.90 Å². The lowest BCUT2D eigenvalue weighted by Crippen LogP contribution is -2.61. The Hall–Kier alpha value is -3.39. The van der Waals surface area contributed by atoms with Crippen molar-refractivity contribution in [3.63, 3.8) is 0 Å². The lowest BCUT2D eigenvalue weighted by atomic mass is 9.82. The number of carbonyl (C=O) groups excluding carboxylic acids is 1. The molecule has 1 aliphatic carbocycles. The number of carbonyl (C=O) groups is 1. The van der Waals surface area contributed by atoms with E-state index in [1.807, 2.05) is 54.6 Å². The molecule has 0 N–H and O–H groups in total. The van der Waals surface area contributed by atoms with Crippen LogP contribution in [0.4, 0.5) is 10.5 Å². The van der Waals surface area contributed by atoms with Gasteiger partial charge in [0.2, 0.25) is 0 Å². The summed E-state index contributed by atoms with van der Waals surface area (Å²) in [5.41, 5.74) is 1.43. The molecule has 3 heterocycles. The Kier molecular flexibility index (Phi) is 2.85. The van der Waals surface area contributed by atoms with E-state index in [4.69, 9.17) is 4.74 Å². The third-order valence-corrected chi connectivity index (χ3v) is 5.96. The van der Waals surface area contributed by atoms with Gasteiger partial charge in [-0.1, -0.05) is 42.5 Å². The smallest absolute Gasteiger partial charge is 0.355 e. The summed E-state index contributed by atoms with van der Waals surface area (Å²) in [5.74, 6) is 0. The highest BCUT2D eigenvalue weighted by Gasteiger charge is 2.61. The standard InChI is InChI=1S/C20H16N4O4/c1-21-18(25)23-14-12-9-5-6-10-13(12)16-17(28-16)15(14)22(11-7-3-2-4-8-11)20(27)24(23)19(21)26/h2-10,14-17H,1H3/t14-,15-,16-,17+/m0/s1. The molecule has 1 aromatic heterocycles. The van der Waals surface area contributed by atoms with E-state index in [0.717, 1.165) is 20.4 Å². The zero-order valence-corrected chi connectivity index (χ0v) is 14.9. The summed E-state index contributed by atoms with van der Waals surface area (Å²) >= 11 is 0. The van der Waals surface area contributed by atoms with Crippen LogP contribution in [-0.2, 0) is 11.8 Å². The maximum absolute atomic E-state index is 13.4. The van der Waals surface area contributed by atoms with E-state index >= 15 is 0 Å². The number of nitrogens with zero attached hydrogens (tertiary/aromatic N) is 4. The van der Waals surface area contributed by atoms with Gasteiger partial charge in [0.15, 0.2) is 0 Å². The quantitative estimate of drug-likeness (QED) is 0.599. The summed E-state index contributed by atoms with van der Waals surface area (Å²) in [7, 11) is 1.39. The maximum Gasteiger partial charge on any atom is 0.355 e. The largest absolute Gasteiger partial charge is 0.362 e. The number of hydrogen-bond donors (Lipinski definition) is 0. The van der Waals surface area contributed by atoms with E-state index in [1.165, 1.54) is 11.7 Å². The molecule has 4 atom stereocenters. The predicted octanol–water partition coefficient (Wildman–Crippen LogP) is 1.25. The number of aromatic nitrogens is 3. The van der Waals surface area contributed by atoms with Gasteiger partial charge < -0.3 is 4.74 Å². The number of amides is 1. The molecule has 8 heteroatoms. The third-order valence-electron chi connectivity index (χ3n) is 5.96. The second kappa shape index (κ2) is 5.11. The van der Waals surface area contributed by atoms with Crippen molar-refractivity contribution in [2.45, 2.75) is 24.3 Å². The van der Waals surface area contributed by atoms with Crippen LogP contribution in [0.3, 0.4) is 0 Å². The molecule has 28 heavy (non-hydrogen) atoms. The topological polar surface area (TPSA) is 81.8 Å². The first-order chi connectivity index (χ1) is 13.6. The Labute approximate surface area is 158 Å². The van der Waals surface area contributed by atoms with E-state index in [2.05, 4.69) is 0 Å². The molecule has 0 saturated carbocycles. The van der Waals surface area contributed by atoms with Crippen LogP contribution < -0.4 is 16.3 Å². The monoisotopic (exact) mass is 376 g/mol. The molecule has 6 rings (SSSR count). The van der Waals surface area contributed by atoms with Crippen LogP contribution >= 0.6 is 0 Å². The van der Waals surface area contributed by atoms with Crippen molar-refractivity contribution in [3.8, 4) is 0 Å². The lowest BCUT2D eigenvalue weighted by Gasteiger charge is -2.43. The minimum absolute atomic E-state index is 0.103. The van der Waals surface area contributed by atoms with Gasteiger partial charge in [0.05, 0.1) is 6.04 Å². The van der Waals surface area contributed by atoms with Gasteiger partial charge in [-0.25, -0.2) is 23.6 Å². The molecule has 0 radical (unpaired) electrons. The highest BCUT2D eigenvalue weighted by atomic mass is 16.6. The summed E-state index contributed by atoms with van der Waals surface area (Å²) in [5, 5.41) is 0. The maximum atomic E-state index is 13.4. The average Bonchev–Trinajstić information content (AvgIpc) is 3.49. The second-order valence-electron chi connectivity index (χ2n) is 7.35. The molecule has 0 bridgehead atoms. The van der Waals surface area contributed by atoms with E-state index in [0.29, 0.717) is 5.69 Å². The fraction of sp³-hybridized carbons (Fsp3) is 0.250. The van der Waals surface area contributed by atoms with Gasteiger partial charge in [0, 0.05) is 12.7 Å². The fourth-order valence-corrected chi connectivity index (χ4v) is 4.67. The summed E-state index contributed by atoms with van der Waals surface area (Å²) in [6, 6.07) is 15.5. The molecule has 8 nitrogen and oxygen atoms in total. The van der Waals surface area contributed by atoms with Gasteiger partial charge in [-0.15, -0.1) is 4.68 Å². The highest BCUT2D eigenvalue weighted by Crippen LogP contribution is 2.54. The Bertz CT molecular complexity index is 1260. The molecule has 1 saturated heterocycles. The SMILES string of the molecule is Cn1c(=O)n2n(c1=O)[C@H]1c3ccccc3[C@@H]3O[C@@H]3[C@H]1N(c1ccccc1)C2=O. The number of rotatable bonds is 1. The molecule has 3 aromatic rings. The Morgan fingerprint density at radius 2 is 1.54 bits per heavy atom. The van der Waals surface area contributed by atoms with Crippen LogP contribution in [0.25, 0.3) is 0 Å². The Balaban J connectivity index is 1.70. The molecule has 2 aliphatic heterocycles. The van der Waals surface area contributed by atoms with Crippen LogP contribution in [0.15, 0.2) is 64.2 Å². The molecule has 1 fully saturated rings. The van der Waals surface area contributed by atoms with Gasteiger partial charge in [-0.05, 0) is 23.3 Å².